The summed E-state index contributed by atoms with van der Waals surface area (Å²) in [5.74, 6) is 0.414. The molecule has 1 aromatic rings. The first-order valence-corrected chi connectivity index (χ1v) is 7.79. The van der Waals surface area contributed by atoms with Crippen LogP contribution in [0.4, 0.5) is 0 Å². The standard InChI is InChI=1S/C17H25NO/c19-17-10-11-18(16-8-4-5-9-16)13-15(17)12-14-6-2-1-3-7-14/h1-3,6-7,15-17,19H,4-5,8-13H2/t15-,17+/m1/s1. The molecular weight excluding hydrogens is 234 g/mol. The van der Waals surface area contributed by atoms with Crippen LogP contribution in [0.1, 0.15) is 37.7 Å². The van der Waals surface area contributed by atoms with E-state index >= 15 is 0 Å². The van der Waals surface area contributed by atoms with Crippen LogP contribution in [-0.2, 0) is 6.42 Å². The van der Waals surface area contributed by atoms with E-state index in [0.29, 0.717) is 5.92 Å². The Morgan fingerprint density at radius 2 is 1.79 bits per heavy atom. The van der Waals surface area contributed by atoms with Crippen molar-refractivity contribution in [1.29, 1.82) is 0 Å². The van der Waals surface area contributed by atoms with E-state index in [1.54, 1.807) is 0 Å². The molecule has 0 amide bonds. The Morgan fingerprint density at radius 3 is 2.53 bits per heavy atom. The molecule has 0 radical (unpaired) electrons. The van der Waals surface area contributed by atoms with Crippen molar-refractivity contribution in [3.8, 4) is 0 Å². The molecule has 1 N–H and O–H groups in total. The van der Waals surface area contributed by atoms with Crippen molar-refractivity contribution in [2.75, 3.05) is 13.1 Å². The maximum absolute atomic E-state index is 10.3. The third kappa shape index (κ3) is 3.18. The van der Waals surface area contributed by atoms with Gasteiger partial charge in [0.2, 0.25) is 0 Å². The maximum atomic E-state index is 10.3. The molecule has 19 heavy (non-hydrogen) atoms. The quantitative estimate of drug-likeness (QED) is 0.902. The molecule has 1 aliphatic carbocycles. The highest BCUT2D eigenvalue weighted by Gasteiger charge is 2.32. The first-order valence-electron chi connectivity index (χ1n) is 7.79. The van der Waals surface area contributed by atoms with Gasteiger partial charge in [-0.05, 0) is 31.2 Å². The zero-order valence-corrected chi connectivity index (χ0v) is 11.7. The van der Waals surface area contributed by atoms with Gasteiger partial charge in [-0.2, -0.15) is 0 Å². The highest BCUT2D eigenvalue weighted by molar-refractivity contribution is 5.15. The van der Waals surface area contributed by atoms with Gasteiger partial charge in [0.25, 0.3) is 0 Å². The lowest BCUT2D eigenvalue weighted by Crippen LogP contribution is -2.47. The lowest BCUT2D eigenvalue weighted by molar-refractivity contribution is 0.0108. The molecule has 1 aromatic carbocycles. The number of aliphatic hydroxyl groups is 1. The van der Waals surface area contributed by atoms with Gasteiger partial charge in [-0.25, -0.2) is 0 Å². The first-order chi connectivity index (χ1) is 9.33. The zero-order chi connectivity index (χ0) is 13.1. The SMILES string of the molecule is O[C@H]1CCN(C2CCCC2)C[C@H]1Cc1ccccc1. The summed E-state index contributed by atoms with van der Waals surface area (Å²) in [6.45, 7) is 2.18. The Balaban J connectivity index is 1.62. The van der Waals surface area contributed by atoms with Crippen molar-refractivity contribution in [3.63, 3.8) is 0 Å². The van der Waals surface area contributed by atoms with Crippen molar-refractivity contribution in [3.05, 3.63) is 35.9 Å². The second kappa shape index (κ2) is 6.06. The molecule has 2 fully saturated rings. The fourth-order valence-electron chi connectivity index (χ4n) is 3.77. The topological polar surface area (TPSA) is 23.5 Å². The van der Waals surface area contributed by atoms with Crippen molar-refractivity contribution in [1.82, 2.24) is 4.90 Å². The average molecular weight is 259 g/mol. The summed E-state index contributed by atoms with van der Waals surface area (Å²) < 4.78 is 0. The van der Waals surface area contributed by atoms with Crippen LogP contribution in [0.25, 0.3) is 0 Å². The number of nitrogens with zero attached hydrogens (tertiary/aromatic N) is 1. The number of aliphatic hydroxyl groups excluding tert-OH is 1. The molecule has 2 nitrogen and oxygen atoms in total. The molecular formula is C17H25NO. The summed E-state index contributed by atoms with van der Waals surface area (Å²) >= 11 is 0. The summed E-state index contributed by atoms with van der Waals surface area (Å²) in [6.07, 6.45) is 7.39. The third-order valence-corrected chi connectivity index (χ3v) is 4.91. The Labute approximate surface area is 116 Å². The summed E-state index contributed by atoms with van der Waals surface area (Å²) in [5, 5.41) is 10.3. The van der Waals surface area contributed by atoms with Crippen molar-refractivity contribution in [2.45, 2.75) is 50.7 Å². The largest absolute Gasteiger partial charge is 0.393 e. The molecule has 3 rings (SSSR count). The molecule has 1 heterocycles. The average Bonchev–Trinajstić information content (AvgIpc) is 2.96. The molecule has 0 spiro atoms. The Morgan fingerprint density at radius 1 is 1.05 bits per heavy atom. The van der Waals surface area contributed by atoms with Crippen LogP contribution >= 0.6 is 0 Å². The monoisotopic (exact) mass is 259 g/mol. The Hall–Kier alpha value is -0.860. The number of likely N-dealkylation sites (tertiary alicyclic amines) is 1. The zero-order valence-electron chi connectivity index (χ0n) is 11.7. The van der Waals surface area contributed by atoms with Crippen LogP contribution in [0.5, 0.6) is 0 Å². The second-order valence-electron chi connectivity index (χ2n) is 6.24. The van der Waals surface area contributed by atoms with Gasteiger partial charge >= 0.3 is 0 Å². The first kappa shape index (κ1) is 13.1. The number of hydrogen-bond donors (Lipinski definition) is 1. The van der Waals surface area contributed by atoms with E-state index in [1.807, 2.05) is 0 Å². The highest BCUT2D eigenvalue weighted by Crippen LogP contribution is 2.29. The highest BCUT2D eigenvalue weighted by atomic mass is 16.3. The molecule has 1 saturated carbocycles. The normalized spacial score (nSPS) is 29.7. The van der Waals surface area contributed by atoms with Crippen LogP contribution in [0, 0.1) is 5.92 Å². The third-order valence-electron chi connectivity index (χ3n) is 4.91. The van der Waals surface area contributed by atoms with E-state index in [0.717, 1.165) is 32.0 Å². The predicted octanol–water partition coefficient (Wildman–Crippen LogP) is 2.85. The summed E-state index contributed by atoms with van der Waals surface area (Å²) in [4.78, 5) is 2.65. The summed E-state index contributed by atoms with van der Waals surface area (Å²) in [5.41, 5.74) is 1.36. The van der Waals surface area contributed by atoms with Gasteiger partial charge < -0.3 is 5.11 Å². The molecule has 0 unspecified atom stereocenters. The summed E-state index contributed by atoms with van der Waals surface area (Å²) in [7, 11) is 0. The number of piperidine rings is 1. The van der Waals surface area contributed by atoms with Gasteiger partial charge in [-0.1, -0.05) is 43.2 Å². The van der Waals surface area contributed by atoms with Gasteiger partial charge in [0.05, 0.1) is 6.10 Å². The molecule has 1 saturated heterocycles. The van der Waals surface area contributed by atoms with E-state index in [4.69, 9.17) is 0 Å². The van der Waals surface area contributed by atoms with E-state index < -0.39 is 0 Å². The van der Waals surface area contributed by atoms with Gasteiger partial charge in [0, 0.05) is 25.0 Å². The summed E-state index contributed by atoms with van der Waals surface area (Å²) in [6, 6.07) is 11.4. The van der Waals surface area contributed by atoms with Gasteiger partial charge in [-0.15, -0.1) is 0 Å². The van der Waals surface area contributed by atoms with Gasteiger partial charge in [0.15, 0.2) is 0 Å². The molecule has 2 aliphatic rings. The molecule has 0 bridgehead atoms. The lowest BCUT2D eigenvalue weighted by atomic mass is 9.88. The predicted molar refractivity (Wildman–Crippen MR) is 78.1 cm³/mol. The van der Waals surface area contributed by atoms with Crippen LogP contribution < -0.4 is 0 Å². The van der Waals surface area contributed by atoms with E-state index in [2.05, 4.69) is 35.2 Å². The number of hydrogen-bond acceptors (Lipinski definition) is 2. The molecule has 0 aromatic heterocycles. The smallest absolute Gasteiger partial charge is 0.0596 e. The Kier molecular flexibility index (Phi) is 4.19. The molecule has 2 atom stereocenters. The van der Waals surface area contributed by atoms with Crippen LogP contribution in [0.3, 0.4) is 0 Å². The lowest BCUT2D eigenvalue weighted by Gasteiger charge is -2.39. The second-order valence-corrected chi connectivity index (χ2v) is 6.24. The van der Waals surface area contributed by atoms with Crippen molar-refractivity contribution < 1.29 is 5.11 Å². The Bertz CT molecular complexity index is 386. The molecule has 2 heteroatoms. The van der Waals surface area contributed by atoms with Crippen molar-refractivity contribution >= 4 is 0 Å². The fourth-order valence-corrected chi connectivity index (χ4v) is 3.77. The van der Waals surface area contributed by atoms with Crippen LogP contribution in [-0.4, -0.2) is 35.2 Å². The minimum absolute atomic E-state index is 0.113. The van der Waals surface area contributed by atoms with Crippen LogP contribution in [0.2, 0.25) is 0 Å². The minimum Gasteiger partial charge on any atom is -0.393 e. The minimum atomic E-state index is -0.113. The maximum Gasteiger partial charge on any atom is 0.0596 e. The van der Waals surface area contributed by atoms with Gasteiger partial charge in [0.1, 0.15) is 0 Å². The van der Waals surface area contributed by atoms with E-state index in [-0.39, 0.29) is 6.10 Å². The van der Waals surface area contributed by atoms with E-state index in [9.17, 15) is 5.11 Å². The van der Waals surface area contributed by atoms with E-state index in [1.165, 1.54) is 31.2 Å². The van der Waals surface area contributed by atoms with Crippen molar-refractivity contribution in [2.24, 2.45) is 5.92 Å². The fraction of sp³-hybridized carbons (Fsp3) is 0.647. The van der Waals surface area contributed by atoms with Crippen LogP contribution in [0.15, 0.2) is 30.3 Å². The van der Waals surface area contributed by atoms with Gasteiger partial charge in [-0.3, -0.25) is 4.90 Å². The molecule has 1 aliphatic heterocycles. The number of benzene rings is 1. The molecule has 104 valence electrons. The number of rotatable bonds is 3.